The minimum absolute atomic E-state index is 0.902. The van der Waals surface area contributed by atoms with Crippen molar-refractivity contribution in [3.8, 4) is 0 Å². The van der Waals surface area contributed by atoms with Crippen LogP contribution < -0.4 is 5.32 Å². The molecular formula is C10H18N2. The van der Waals surface area contributed by atoms with E-state index in [4.69, 9.17) is 0 Å². The van der Waals surface area contributed by atoms with E-state index in [1.807, 2.05) is 0 Å². The fraction of sp³-hybridized carbons (Fsp3) is 0.800. The van der Waals surface area contributed by atoms with Crippen LogP contribution in [0.2, 0.25) is 0 Å². The molecule has 2 heterocycles. The maximum Gasteiger partial charge on any atom is 0.0167 e. The molecule has 1 N–H and O–H groups in total. The van der Waals surface area contributed by atoms with Crippen LogP contribution in [0, 0.1) is 5.92 Å². The highest BCUT2D eigenvalue weighted by molar-refractivity contribution is 4.95. The maximum absolute atomic E-state index is 3.46. The molecule has 68 valence electrons. The van der Waals surface area contributed by atoms with Gasteiger partial charge in [0.1, 0.15) is 0 Å². The molecule has 12 heavy (non-hydrogen) atoms. The molecule has 0 spiro atoms. The molecule has 0 aromatic carbocycles. The van der Waals surface area contributed by atoms with Crippen molar-refractivity contribution in [3.63, 3.8) is 0 Å². The zero-order chi connectivity index (χ0) is 8.23. The van der Waals surface area contributed by atoms with Crippen molar-refractivity contribution in [2.45, 2.75) is 12.8 Å². The van der Waals surface area contributed by atoms with Gasteiger partial charge in [0.05, 0.1) is 0 Å². The van der Waals surface area contributed by atoms with Gasteiger partial charge in [-0.2, -0.15) is 0 Å². The van der Waals surface area contributed by atoms with Gasteiger partial charge in [-0.05, 0) is 31.8 Å². The molecule has 0 unspecified atom stereocenters. The van der Waals surface area contributed by atoms with Crippen molar-refractivity contribution in [1.82, 2.24) is 10.2 Å². The first-order valence-electron chi connectivity index (χ1n) is 5.03. The maximum atomic E-state index is 3.46. The molecule has 0 aliphatic carbocycles. The van der Waals surface area contributed by atoms with Crippen molar-refractivity contribution in [1.29, 1.82) is 0 Å². The van der Waals surface area contributed by atoms with Crippen molar-refractivity contribution < 1.29 is 0 Å². The first-order chi connectivity index (χ1) is 5.95. The van der Waals surface area contributed by atoms with Crippen molar-refractivity contribution in [3.05, 3.63) is 12.2 Å². The highest BCUT2D eigenvalue weighted by atomic mass is 15.1. The number of rotatable bonds is 2. The molecule has 0 saturated carbocycles. The van der Waals surface area contributed by atoms with E-state index in [1.165, 1.54) is 45.6 Å². The molecule has 0 amide bonds. The van der Waals surface area contributed by atoms with Crippen LogP contribution in [0.15, 0.2) is 12.2 Å². The molecule has 2 nitrogen and oxygen atoms in total. The lowest BCUT2D eigenvalue weighted by Crippen LogP contribution is -2.37. The SMILES string of the molecule is C1=CCN(C[C@@H]2CCCNC2)C1. The molecule has 0 radical (unpaired) electrons. The third kappa shape index (κ3) is 2.08. The summed E-state index contributed by atoms with van der Waals surface area (Å²) in [6.07, 6.45) is 7.34. The Morgan fingerprint density at radius 3 is 2.83 bits per heavy atom. The molecular weight excluding hydrogens is 148 g/mol. The summed E-state index contributed by atoms with van der Waals surface area (Å²) in [4.78, 5) is 2.53. The summed E-state index contributed by atoms with van der Waals surface area (Å²) in [5.74, 6) is 0.902. The predicted molar refractivity (Wildman–Crippen MR) is 51.2 cm³/mol. The van der Waals surface area contributed by atoms with Crippen LogP contribution in [0.1, 0.15) is 12.8 Å². The quantitative estimate of drug-likeness (QED) is 0.612. The highest BCUT2D eigenvalue weighted by Crippen LogP contribution is 2.12. The fourth-order valence-corrected chi connectivity index (χ4v) is 2.12. The Kier molecular flexibility index (Phi) is 2.79. The van der Waals surface area contributed by atoms with Gasteiger partial charge >= 0.3 is 0 Å². The lowest BCUT2D eigenvalue weighted by molar-refractivity contribution is 0.251. The van der Waals surface area contributed by atoms with Crippen LogP contribution >= 0.6 is 0 Å². The number of piperidine rings is 1. The van der Waals surface area contributed by atoms with Gasteiger partial charge in [0.15, 0.2) is 0 Å². The van der Waals surface area contributed by atoms with Crippen LogP contribution in [-0.4, -0.2) is 37.6 Å². The Hall–Kier alpha value is -0.340. The van der Waals surface area contributed by atoms with E-state index >= 15 is 0 Å². The summed E-state index contributed by atoms with van der Waals surface area (Å²) in [6, 6.07) is 0. The second-order valence-corrected chi connectivity index (χ2v) is 3.90. The summed E-state index contributed by atoms with van der Waals surface area (Å²) in [7, 11) is 0. The van der Waals surface area contributed by atoms with Crippen LogP contribution in [0.5, 0.6) is 0 Å². The summed E-state index contributed by atoms with van der Waals surface area (Å²) >= 11 is 0. The smallest absolute Gasteiger partial charge is 0.0167 e. The lowest BCUT2D eigenvalue weighted by Gasteiger charge is -2.27. The minimum atomic E-state index is 0.902. The Morgan fingerprint density at radius 2 is 2.17 bits per heavy atom. The van der Waals surface area contributed by atoms with Crippen LogP contribution in [-0.2, 0) is 0 Å². The first-order valence-corrected chi connectivity index (χ1v) is 5.03. The average Bonchev–Trinajstić information content (AvgIpc) is 2.59. The number of hydrogen-bond donors (Lipinski definition) is 1. The van der Waals surface area contributed by atoms with Crippen LogP contribution in [0.25, 0.3) is 0 Å². The van der Waals surface area contributed by atoms with Gasteiger partial charge in [-0.25, -0.2) is 0 Å². The van der Waals surface area contributed by atoms with E-state index in [0.717, 1.165) is 5.92 Å². The second-order valence-electron chi connectivity index (χ2n) is 3.90. The molecule has 0 aromatic rings. The fourth-order valence-electron chi connectivity index (χ4n) is 2.12. The molecule has 0 bridgehead atoms. The molecule has 1 fully saturated rings. The molecule has 2 rings (SSSR count). The molecule has 1 atom stereocenters. The number of nitrogens with zero attached hydrogens (tertiary/aromatic N) is 1. The van der Waals surface area contributed by atoms with Gasteiger partial charge < -0.3 is 5.32 Å². The van der Waals surface area contributed by atoms with E-state index in [0.29, 0.717) is 0 Å². The van der Waals surface area contributed by atoms with Crippen molar-refractivity contribution in [2.24, 2.45) is 5.92 Å². The van der Waals surface area contributed by atoms with Crippen LogP contribution in [0.4, 0.5) is 0 Å². The van der Waals surface area contributed by atoms with E-state index in [-0.39, 0.29) is 0 Å². The van der Waals surface area contributed by atoms with Gasteiger partial charge in [-0.1, -0.05) is 12.2 Å². The number of nitrogens with one attached hydrogen (secondary N) is 1. The minimum Gasteiger partial charge on any atom is -0.316 e. The lowest BCUT2D eigenvalue weighted by atomic mass is 9.99. The van der Waals surface area contributed by atoms with Crippen molar-refractivity contribution >= 4 is 0 Å². The zero-order valence-corrected chi connectivity index (χ0v) is 7.63. The van der Waals surface area contributed by atoms with Gasteiger partial charge in [0.25, 0.3) is 0 Å². The summed E-state index contributed by atoms with van der Waals surface area (Å²) in [5.41, 5.74) is 0. The van der Waals surface area contributed by atoms with Gasteiger partial charge in [0.2, 0.25) is 0 Å². The zero-order valence-electron chi connectivity index (χ0n) is 7.63. The summed E-state index contributed by atoms with van der Waals surface area (Å²) in [6.45, 7) is 6.11. The van der Waals surface area contributed by atoms with Crippen molar-refractivity contribution in [2.75, 3.05) is 32.7 Å². The highest BCUT2D eigenvalue weighted by Gasteiger charge is 2.16. The molecule has 1 saturated heterocycles. The Morgan fingerprint density at radius 1 is 1.33 bits per heavy atom. The third-order valence-corrected chi connectivity index (χ3v) is 2.81. The van der Waals surface area contributed by atoms with E-state index in [1.54, 1.807) is 0 Å². The Balaban J connectivity index is 1.70. The number of hydrogen-bond acceptors (Lipinski definition) is 2. The summed E-state index contributed by atoms with van der Waals surface area (Å²) in [5, 5.41) is 3.46. The topological polar surface area (TPSA) is 15.3 Å². The first kappa shape index (κ1) is 8.27. The molecule has 2 heteroatoms. The normalized spacial score (nSPS) is 31.2. The average molecular weight is 166 g/mol. The van der Waals surface area contributed by atoms with E-state index < -0.39 is 0 Å². The molecule has 2 aliphatic heterocycles. The van der Waals surface area contributed by atoms with Gasteiger partial charge in [0, 0.05) is 19.6 Å². The third-order valence-electron chi connectivity index (χ3n) is 2.81. The molecule has 2 aliphatic rings. The molecule has 0 aromatic heterocycles. The standard InChI is InChI=1S/C10H18N2/c1-2-7-12(6-1)9-10-4-3-5-11-8-10/h1-2,10-11H,3-9H2/t10-/m1/s1. The predicted octanol–water partition coefficient (Wildman–Crippen LogP) is 0.858. The van der Waals surface area contributed by atoms with Gasteiger partial charge in [-0.15, -0.1) is 0 Å². The van der Waals surface area contributed by atoms with Crippen LogP contribution in [0.3, 0.4) is 0 Å². The Labute approximate surface area is 74.6 Å². The van der Waals surface area contributed by atoms with E-state index in [2.05, 4.69) is 22.4 Å². The monoisotopic (exact) mass is 166 g/mol. The van der Waals surface area contributed by atoms with Gasteiger partial charge in [-0.3, -0.25) is 4.90 Å². The second kappa shape index (κ2) is 4.06. The largest absolute Gasteiger partial charge is 0.316 e. The summed E-state index contributed by atoms with van der Waals surface area (Å²) < 4.78 is 0. The van der Waals surface area contributed by atoms with E-state index in [9.17, 15) is 0 Å². The Bertz CT molecular complexity index is 151.